The van der Waals surface area contributed by atoms with Gasteiger partial charge in [-0.05, 0) is 18.6 Å². The van der Waals surface area contributed by atoms with Gasteiger partial charge in [-0.15, -0.1) is 0 Å². The molecule has 6 nitrogen and oxygen atoms in total. The van der Waals surface area contributed by atoms with Crippen LogP contribution in [-0.2, 0) is 9.53 Å². The summed E-state index contributed by atoms with van der Waals surface area (Å²) in [5.74, 6) is -0.250. The van der Waals surface area contributed by atoms with E-state index in [1.807, 2.05) is 37.3 Å². The molecule has 3 aromatic rings. The number of benzene rings is 1. The average Bonchev–Trinajstić information content (AvgIpc) is 3.04. The second-order valence-corrected chi connectivity index (χ2v) is 6.04. The van der Waals surface area contributed by atoms with Crippen molar-refractivity contribution >= 4 is 28.8 Å². The summed E-state index contributed by atoms with van der Waals surface area (Å²) in [5.41, 5.74) is 1.64. The molecule has 0 aliphatic rings. The second-order valence-electron chi connectivity index (χ2n) is 4.85. The highest BCUT2D eigenvalue weighted by molar-refractivity contribution is 8.00. The summed E-state index contributed by atoms with van der Waals surface area (Å²) in [7, 11) is 1.40. The van der Waals surface area contributed by atoms with Crippen molar-refractivity contribution in [1.82, 2.24) is 19.7 Å². The summed E-state index contributed by atoms with van der Waals surface area (Å²) >= 11 is 1.38. The second kappa shape index (κ2) is 6.78. The van der Waals surface area contributed by atoms with Crippen LogP contribution in [0.2, 0.25) is 0 Å². The number of carbonyl (C=O) groups excluding carboxylic acids is 1. The maximum absolute atomic E-state index is 11.8. The Hall–Kier alpha value is -2.41. The average molecular weight is 328 g/mol. The standard InChI is InChI=1S/C16H16N4O2S/c1-3-13(16(21)22-2)23-15-12-9-19-20(14(12)17-10-18-15)11-7-5-4-6-8-11/h4-10,13H,3H2,1-2H3. The van der Waals surface area contributed by atoms with Gasteiger partial charge in [-0.2, -0.15) is 5.10 Å². The Morgan fingerprint density at radius 2 is 2.09 bits per heavy atom. The molecule has 1 atom stereocenters. The van der Waals surface area contributed by atoms with E-state index >= 15 is 0 Å². The van der Waals surface area contributed by atoms with Crippen molar-refractivity contribution in [3.63, 3.8) is 0 Å². The highest BCUT2D eigenvalue weighted by atomic mass is 32.2. The molecule has 2 heterocycles. The van der Waals surface area contributed by atoms with Crippen LogP contribution in [0.4, 0.5) is 0 Å². The zero-order valence-electron chi connectivity index (χ0n) is 12.8. The molecular formula is C16H16N4O2S. The fraction of sp³-hybridized carbons (Fsp3) is 0.250. The molecule has 2 aromatic heterocycles. The van der Waals surface area contributed by atoms with Gasteiger partial charge in [-0.3, -0.25) is 4.79 Å². The minimum atomic E-state index is -0.293. The molecule has 0 spiro atoms. The Morgan fingerprint density at radius 3 is 2.78 bits per heavy atom. The third-order valence-corrected chi connectivity index (χ3v) is 4.78. The third-order valence-electron chi connectivity index (χ3n) is 3.42. The number of fused-ring (bicyclic) bond motifs is 1. The number of rotatable bonds is 5. The van der Waals surface area contributed by atoms with Crippen LogP contribution >= 0.6 is 11.8 Å². The topological polar surface area (TPSA) is 69.9 Å². The fourth-order valence-electron chi connectivity index (χ4n) is 2.24. The van der Waals surface area contributed by atoms with Gasteiger partial charge in [0.1, 0.15) is 16.6 Å². The largest absolute Gasteiger partial charge is 0.468 e. The van der Waals surface area contributed by atoms with Crippen LogP contribution in [0.15, 0.2) is 47.9 Å². The van der Waals surface area contributed by atoms with Crippen LogP contribution in [-0.4, -0.2) is 38.1 Å². The molecule has 1 unspecified atom stereocenters. The van der Waals surface area contributed by atoms with E-state index in [0.29, 0.717) is 12.1 Å². The van der Waals surface area contributed by atoms with Crippen molar-refractivity contribution in [2.75, 3.05) is 7.11 Å². The number of thioether (sulfide) groups is 1. The molecule has 0 aliphatic carbocycles. The summed E-state index contributed by atoms with van der Waals surface area (Å²) in [6.07, 6.45) is 3.89. The first-order chi connectivity index (χ1) is 11.2. The number of esters is 1. The van der Waals surface area contributed by atoms with Crippen LogP contribution < -0.4 is 0 Å². The first kappa shape index (κ1) is 15.5. The predicted octanol–water partition coefficient (Wildman–Crippen LogP) is 2.86. The van der Waals surface area contributed by atoms with Crippen molar-refractivity contribution in [2.24, 2.45) is 0 Å². The molecular weight excluding hydrogens is 312 g/mol. The number of para-hydroxylation sites is 1. The van der Waals surface area contributed by atoms with Crippen LogP contribution in [0.3, 0.4) is 0 Å². The molecule has 1 aromatic carbocycles. The zero-order chi connectivity index (χ0) is 16.2. The molecule has 0 amide bonds. The van der Waals surface area contributed by atoms with Crippen molar-refractivity contribution in [1.29, 1.82) is 0 Å². The summed E-state index contributed by atoms with van der Waals surface area (Å²) in [5, 5.41) is 5.67. The zero-order valence-corrected chi connectivity index (χ0v) is 13.7. The Bertz CT molecular complexity index is 819. The normalized spacial score (nSPS) is 12.3. The molecule has 3 rings (SSSR count). The first-order valence-corrected chi connectivity index (χ1v) is 8.11. The Balaban J connectivity index is 2.01. The lowest BCUT2D eigenvalue weighted by molar-refractivity contribution is -0.140. The van der Waals surface area contributed by atoms with Crippen molar-refractivity contribution in [3.8, 4) is 5.69 Å². The van der Waals surface area contributed by atoms with E-state index in [0.717, 1.165) is 16.1 Å². The molecule has 0 N–H and O–H groups in total. The van der Waals surface area contributed by atoms with Gasteiger partial charge in [0, 0.05) is 0 Å². The van der Waals surface area contributed by atoms with E-state index in [2.05, 4.69) is 15.1 Å². The predicted molar refractivity (Wildman–Crippen MR) is 88.6 cm³/mol. The fourth-order valence-corrected chi connectivity index (χ4v) is 3.25. The maximum atomic E-state index is 11.8. The van der Waals surface area contributed by atoms with E-state index < -0.39 is 0 Å². The molecule has 0 saturated carbocycles. The van der Waals surface area contributed by atoms with Gasteiger partial charge in [0.15, 0.2) is 5.65 Å². The van der Waals surface area contributed by atoms with Gasteiger partial charge in [-0.1, -0.05) is 36.9 Å². The van der Waals surface area contributed by atoms with E-state index in [1.165, 1.54) is 25.2 Å². The quantitative estimate of drug-likeness (QED) is 0.407. The smallest absolute Gasteiger partial charge is 0.319 e. The van der Waals surface area contributed by atoms with Gasteiger partial charge in [-0.25, -0.2) is 14.6 Å². The van der Waals surface area contributed by atoms with Crippen LogP contribution in [0, 0.1) is 0 Å². The monoisotopic (exact) mass is 328 g/mol. The summed E-state index contributed by atoms with van der Waals surface area (Å²) < 4.78 is 6.60. The van der Waals surface area contributed by atoms with Crippen molar-refractivity contribution in [2.45, 2.75) is 23.6 Å². The third kappa shape index (κ3) is 3.05. The lowest BCUT2D eigenvalue weighted by Crippen LogP contribution is -2.17. The Kier molecular flexibility index (Phi) is 4.57. The number of nitrogens with zero attached hydrogens (tertiary/aromatic N) is 4. The highest BCUT2D eigenvalue weighted by Gasteiger charge is 2.21. The molecule has 0 radical (unpaired) electrons. The number of methoxy groups -OCH3 is 1. The van der Waals surface area contributed by atoms with Gasteiger partial charge < -0.3 is 4.74 Å². The lowest BCUT2D eigenvalue weighted by atomic mass is 10.3. The summed E-state index contributed by atoms with van der Waals surface area (Å²) in [6.45, 7) is 1.94. The van der Waals surface area contributed by atoms with E-state index in [-0.39, 0.29) is 11.2 Å². The van der Waals surface area contributed by atoms with Crippen LogP contribution in [0.25, 0.3) is 16.7 Å². The van der Waals surface area contributed by atoms with E-state index in [9.17, 15) is 4.79 Å². The van der Waals surface area contributed by atoms with E-state index in [1.54, 1.807) is 10.9 Å². The maximum Gasteiger partial charge on any atom is 0.319 e. The number of carbonyl (C=O) groups is 1. The summed E-state index contributed by atoms with van der Waals surface area (Å²) in [6, 6.07) is 9.77. The molecule has 118 valence electrons. The SMILES string of the molecule is CCC(Sc1ncnc2c1cnn2-c1ccccc1)C(=O)OC. The van der Waals surface area contributed by atoms with Crippen LogP contribution in [0.1, 0.15) is 13.3 Å². The van der Waals surface area contributed by atoms with Crippen molar-refractivity contribution < 1.29 is 9.53 Å². The summed E-state index contributed by atoms with van der Waals surface area (Å²) in [4.78, 5) is 20.4. The Morgan fingerprint density at radius 1 is 1.30 bits per heavy atom. The van der Waals surface area contributed by atoms with Gasteiger partial charge in [0.25, 0.3) is 0 Å². The Labute approximate surface area is 137 Å². The first-order valence-electron chi connectivity index (χ1n) is 7.23. The minimum absolute atomic E-state index is 0.250. The lowest BCUT2D eigenvalue weighted by Gasteiger charge is -2.11. The van der Waals surface area contributed by atoms with Crippen molar-refractivity contribution in [3.05, 3.63) is 42.9 Å². The molecule has 7 heteroatoms. The number of ether oxygens (including phenoxy) is 1. The molecule has 0 aliphatic heterocycles. The van der Waals surface area contributed by atoms with Gasteiger partial charge >= 0.3 is 5.97 Å². The number of hydrogen-bond donors (Lipinski definition) is 0. The minimum Gasteiger partial charge on any atom is -0.468 e. The molecule has 0 saturated heterocycles. The molecule has 23 heavy (non-hydrogen) atoms. The van der Waals surface area contributed by atoms with Crippen LogP contribution in [0.5, 0.6) is 0 Å². The number of hydrogen-bond acceptors (Lipinski definition) is 6. The number of aromatic nitrogens is 4. The van der Waals surface area contributed by atoms with Gasteiger partial charge in [0.05, 0.1) is 24.4 Å². The molecule has 0 bridgehead atoms. The highest BCUT2D eigenvalue weighted by Crippen LogP contribution is 2.30. The van der Waals surface area contributed by atoms with E-state index in [4.69, 9.17) is 4.74 Å². The molecule has 0 fully saturated rings. The van der Waals surface area contributed by atoms with Gasteiger partial charge in [0.2, 0.25) is 0 Å².